The summed E-state index contributed by atoms with van der Waals surface area (Å²) in [4.78, 5) is 32.0. The molecule has 19 heavy (non-hydrogen) atoms. The SMILES string of the molecule is CC(=O)Oc1ccc(/C=C/NC=O)cc1OC(C)=O. The van der Waals surface area contributed by atoms with Gasteiger partial charge in [0.2, 0.25) is 6.41 Å². The third kappa shape index (κ3) is 5.03. The molecule has 100 valence electrons. The first-order valence-electron chi connectivity index (χ1n) is 5.40. The quantitative estimate of drug-likeness (QED) is 0.491. The summed E-state index contributed by atoms with van der Waals surface area (Å²) in [5, 5.41) is 2.35. The van der Waals surface area contributed by atoms with Gasteiger partial charge >= 0.3 is 11.9 Å². The molecule has 6 nitrogen and oxygen atoms in total. The number of nitrogens with one attached hydrogen (secondary N) is 1. The molecule has 0 aliphatic heterocycles. The van der Waals surface area contributed by atoms with Gasteiger partial charge in [-0.3, -0.25) is 14.4 Å². The lowest BCUT2D eigenvalue weighted by Gasteiger charge is -2.09. The van der Waals surface area contributed by atoms with E-state index in [0.29, 0.717) is 12.0 Å². The molecule has 0 aliphatic carbocycles. The summed E-state index contributed by atoms with van der Waals surface area (Å²) in [6.45, 7) is 2.49. The molecule has 0 radical (unpaired) electrons. The first-order chi connectivity index (χ1) is 9.02. The van der Waals surface area contributed by atoms with E-state index in [1.165, 1.54) is 32.2 Å². The van der Waals surface area contributed by atoms with Crippen LogP contribution in [0.3, 0.4) is 0 Å². The summed E-state index contributed by atoms with van der Waals surface area (Å²) >= 11 is 0. The van der Waals surface area contributed by atoms with Gasteiger partial charge in [-0.2, -0.15) is 0 Å². The second-order valence-electron chi connectivity index (χ2n) is 3.51. The largest absolute Gasteiger partial charge is 0.423 e. The lowest BCUT2D eigenvalue weighted by molar-refractivity contribution is -0.134. The molecule has 0 fully saturated rings. The van der Waals surface area contributed by atoms with E-state index in [9.17, 15) is 14.4 Å². The number of carbonyl (C=O) groups is 3. The topological polar surface area (TPSA) is 81.7 Å². The second-order valence-corrected chi connectivity index (χ2v) is 3.51. The summed E-state index contributed by atoms with van der Waals surface area (Å²) in [6, 6.07) is 4.66. The fourth-order valence-electron chi connectivity index (χ4n) is 1.29. The van der Waals surface area contributed by atoms with Crippen LogP contribution in [0.5, 0.6) is 11.5 Å². The molecular weight excluding hydrogens is 250 g/mol. The maximum Gasteiger partial charge on any atom is 0.308 e. The summed E-state index contributed by atoms with van der Waals surface area (Å²) in [6.07, 6.45) is 3.54. The zero-order chi connectivity index (χ0) is 14.3. The Morgan fingerprint density at radius 1 is 1.11 bits per heavy atom. The fourth-order valence-corrected chi connectivity index (χ4v) is 1.29. The number of carbonyl (C=O) groups excluding carboxylic acids is 3. The van der Waals surface area contributed by atoms with Gasteiger partial charge in [0.25, 0.3) is 0 Å². The van der Waals surface area contributed by atoms with E-state index in [4.69, 9.17) is 9.47 Å². The van der Waals surface area contributed by atoms with Gasteiger partial charge in [0, 0.05) is 20.0 Å². The maximum atomic E-state index is 11.0. The van der Waals surface area contributed by atoms with E-state index >= 15 is 0 Å². The van der Waals surface area contributed by atoms with Crippen molar-refractivity contribution in [1.82, 2.24) is 5.32 Å². The van der Waals surface area contributed by atoms with Crippen LogP contribution in [-0.2, 0) is 14.4 Å². The Labute approximate surface area is 110 Å². The smallest absolute Gasteiger partial charge is 0.308 e. The van der Waals surface area contributed by atoms with E-state index in [1.54, 1.807) is 12.1 Å². The van der Waals surface area contributed by atoms with Crippen LogP contribution in [0.1, 0.15) is 19.4 Å². The van der Waals surface area contributed by atoms with Crippen LogP contribution in [0.25, 0.3) is 6.08 Å². The summed E-state index contributed by atoms with van der Waals surface area (Å²) in [7, 11) is 0. The second kappa shape index (κ2) is 6.95. The van der Waals surface area contributed by atoms with Gasteiger partial charge in [0.05, 0.1) is 0 Å². The molecule has 1 aromatic carbocycles. The average Bonchev–Trinajstić information content (AvgIpc) is 2.31. The number of ether oxygens (including phenoxy) is 2. The van der Waals surface area contributed by atoms with E-state index in [-0.39, 0.29) is 11.5 Å². The van der Waals surface area contributed by atoms with E-state index in [1.807, 2.05) is 0 Å². The molecule has 1 rings (SSSR count). The summed E-state index contributed by atoms with van der Waals surface area (Å²) in [5.41, 5.74) is 0.668. The van der Waals surface area contributed by atoms with Crippen LogP contribution in [-0.4, -0.2) is 18.3 Å². The van der Waals surface area contributed by atoms with E-state index in [2.05, 4.69) is 5.32 Å². The Balaban J connectivity index is 3.03. The molecule has 0 spiro atoms. The Hall–Kier alpha value is -2.63. The van der Waals surface area contributed by atoms with Gasteiger partial charge < -0.3 is 14.8 Å². The van der Waals surface area contributed by atoms with Crippen molar-refractivity contribution in [2.45, 2.75) is 13.8 Å². The molecule has 6 heteroatoms. The number of rotatable bonds is 5. The average molecular weight is 263 g/mol. The minimum atomic E-state index is -0.527. The lowest BCUT2D eigenvalue weighted by Crippen LogP contribution is -2.07. The van der Waals surface area contributed by atoms with Crippen LogP contribution in [0.4, 0.5) is 0 Å². The number of hydrogen-bond acceptors (Lipinski definition) is 5. The Bertz CT molecular complexity index is 522. The van der Waals surface area contributed by atoms with Gasteiger partial charge in [-0.05, 0) is 23.8 Å². The number of benzene rings is 1. The maximum absolute atomic E-state index is 11.0. The third-order valence-corrected chi connectivity index (χ3v) is 1.92. The van der Waals surface area contributed by atoms with Crippen molar-refractivity contribution in [3.05, 3.63) is 30.0 Å². The van der Waals surface area contributed by atoms with E-state index in [0.717, 1.165) is 0 Å². The van der Waals surface area contributed by atoms with Crippen molar-refractivity contribution >= 4 is 24.4 Å². The number of esters is 2. The van der Waals surface area contributed by atoms with Gasteiger partial charge in [0.1, 0.15) is 0 Å². The molecule has 1 aromatic rings. The van der Waals surface area contributed by atoms with Crippen molar-refractivity contribution in [3.63, 3.8) is 0 Å². The fraction of sp³-hybridized carbons (Fsp3) is 0.154. The molecule has 0 heterocycles. The van der Waals surface area contributed by atoms with Crippen LogP contribution in [0, 0.1) is 0 Å². The Morgan fingerprint density at radius 2 is 1.74 bits per heavy atom. The van der Waals surface area contributed by atoms with Crippen molar-refractivity contribution in [1.29, 1.82) is 0 Å². The van der Waals surface area contributed by atoms with Crippen molar-refractivity contribution in [2.75, 3.05) is 0 Å². The molecule has 0 atom stereocenters. The van der Waals surface area contributed by atoms with Crippen LogP contribution < -0.4 is 14.8 Å². The first kappa shape index (κ1) is 14.4. The lowest BCUT2D eigenvalue weighted by atomic mass is 10.2. The molecule has 0 aromatic heterocycles. The predicted octanol–water partition coefficient (Wildman–Crippen LogP) is 1.25. The van der Waals surface area contributed by atoms with Crippen LogP contribution >= 0.6 is 0 Å². The highest BCUT2D eigenvalue weighted by molar-refractivity contribution is 5.74. The molecular formula is C13H13NO5. The third-order valence-electron chi connectivity index (χ3n) is 1.92. The van der Waals surface area contributed by atoms with Crippen LogP contribution in [0.2, 0.25) is 0 Å². The molecule has 1 N–H and O–H groups in total. The highest BCUT2D eigenvalue weighted by atomic mass is 16.6. The normalized spacial score (nSPS) is 10.0. The van der Waals surface area contributed by atoms with Gasteiger partial charge in [-0.15, -0.1) is 0 Å². The van der Waals surface area contributed by atoms with Crippen LogP contribution in [0.15, 0.2) is 24.4 Å². The number of hydrogen-bond donors (Lipinski definition) is 1. The minimum absolute atomic E-state index is 0.135. The Kier molecular flexibility index (Phi) is 5.28. The van der Waals surface area contributed by atoms with Gasteiger partial charge in [-0.25, -0.2) is 0 Å². The minimum Gasteiger partial charge on any atom is -0.423 e. The first-order valence-corrected chi connectivity index (χ1v) is 5.40. The zero-order valence-corrected chi connectivity index (χ0v) is 10.5. The highest BCUT2D eigenvalue weighted by Crippen LogP contribution is 2.29. The molecule has 0 saturated heterocycles. The Morgan fingerprint density at radius 3 is 2.32 bits per heavy atom. The number of amides is 1. The molecule has 1 amide bonds. The monoisotopic (exact) mass is 263 g/mol. The molecule has 0 bridgehead atoms. The standard InChI is InChI=1S/C13H13NO5/c1-9(16)18-12-4-3-11(5-6-14-8-15)7-13(12)19-10(2)17/h3-8H,1-2H3,(H,14,15)/b6-5+. The highest BCUT2D eigenvalue weighted by Gasteiger charge is 2.10. The van der Waals surface area contributed by atoms with Crippen molar-refractivity contribution < 1.29 is 23.9 Å². The molecule has 0 unspecified atom stereocenters. The predicted molar refractivity (Wildman–Crippen MR) is 67.3 cm³/mol. The van der Waals surface area contributed by atoms with E-state index < -0.39 is 11.9 Å². The van der Waals surface area contributed by atoms with Crippen molar-refractivity contribution in [2.24, 2.45) is 0 Å². The van der Waals surface area contributed by atoms with Crippen molar-refractivity contribution in [3.8, 4) is 11.5 Å². The zero-order valence-electron chi connectivity index (χ0n) is 10.5. The molecule has 0 aliphatic rings. The van der Waals surface area contributed by atoms with Gasteiger partial charge in [0.15, 0.2) is 11.5 Å². The van der Waals surface area contributed by atoms with Gasteiger partial charge in [-0.1, -0.05) is 6.07 Å². The summed E-state index contributed by atoms with van der Waals surface area (Å²) < 4.78 is 9.87. The molecule has 0 saturated carbocycles. The summed E-state index contributed by atoms with van der Waals surface area (Å²) in [5.74, 6) is -0.751.